The van der Waals surface area contributed by atoms with Crippen LogP contribution in [0.4, 0.5) is 0 Å². The van der Waals surface area contributed by atoms with Crippen LogP contribution in [0.2, 0.25) is 0 Å². The number of esters is 1. The number of hydrogen-bond donors (Lipinski definition) is 4. The number of unbranched alkanes of at least 4 members (excludes halogenated alkanes) is 10. The summed E-state index contributed by atoms with van der Waals surface area (Å²) in [7, 11) is -5.03. The largest absolute Gasteiger partial charge is 0.457 e. The Morgan fingerprint density at radius 2 is 1.46 bits per heavy atom. The van der Waals surface area contributed by atoms with Crippen molar-refractivity contribution in [3.8, 4) is 0 Å². The van der Waals surface area contributed by atoms with Gasteiger partial charge in [-0.05, 0) is 12.8 Å². The number of carbonyl (C=O) groups is 1. The number of aliphatic hydroxyl groups is 3. The SMILES string of the molecule is CCCCCCCCCCCCOCC(COC1OC(CO)C(O)C(OS(=O)(=O)O)C1O)OC(=O)CCCC. The highest BCUT2D eigenvalue weighted by molar-refractivity contribution is 7.80. The van der Waals surface area contributed by atoms with E-state index in [4.69, 9.17) is 23.5 Å². The van der Waals surface area contributed by atoms with Crippen LogP contribution in [0.3, 0.4) is 0 Å². The van der Waals surface area contributed by atoms with Gasteiger partial charge in [0.25, 0.3) is 0 Å². The van der Waals surface area contributed by atoms with Gasteiger partial charge in [-0.3, -0.25) is 9.35 Å². The van der Waals surface area contributed by atoms with E-state index in [0.717, 1.165) is 25.7 Å². The van der Waals surface area contributed by atoms with E-state index < -0.39 is 59.8 Å². The number of hydrogen-bond acceptors (Lipinski definition) is 11. The maximum Gasteiger partial charge on any atom is 0.397 e. The maximum absolute atomic E-state index is 12.2. The highest BCUT2D eigenvalue weighted by Gasteiger charge is 2.48. The van der Waals surface area contributed by atoms with Crippen LogP contribution in [0, 0.1) is 0 Å². The van der Waals surface area contributed by atoms with E-state index in [-0.39, 0.29) is 19.6 Å². The molecule has 0 aliphatic carbocycles. The smallest absolute Gasteiger partial charge is 0.397 e. The Labute approximate surface area is 233 Å². The third-order valence-electron chi connectivity index (χ3n) is 6.48. The lowest BCUT2D eigenvalue weighted by atomic mass is 9.99. The Bertz CT molecular complexity index is 734. The second-order valence-corrected chi connectivity index (χ2v) is 11.0. The molecule has 232 valence electrons. The lowest BCUT2D eigenvalue weighted by molar-refractivity contribution is -0.301. The first-order valence-electron chi connectivity index (χ1n) is 14.3. The molecule has 0 spiro atoms. The van der Waals surface area contributed by atoms with Crippen LogP contribution < -0.4 is 0 Å². The number of carbonyl (C=O) groups excluding carboxylic acids is 1. The molecule has 1 aliphatic rings. The zero-order valence-corrected chi connectivity index (χ0v) is 24.3. The summed E-state index contributed by atoms with van der Waals surface area (Å²) in [5, 5.41) is 30.1. The molecule has 12 nitrogen and oxygen atoms in total. The minimum absolute atomic E-state index is 0.0368. The molecule has 1 rings (SSSR count). The van der Waals surface area contributed by atoms with Crippen LogP contribution in [-0.2, 0) is 38.3 Å². The Hall–Kier alpha value is -0.900. The molecule has 39 heavy (non-hydrogen) atoms. The molecule has 6 unspecified atom stereocenters. The van der Waals surface area contributed by atoms with Gasteiger partial charge in [0, 0.05) is 13.0 Å². The number of ether oxygens (including phenoxy) is 4. The van der Waals surface area contributed by atoms with Crippen LogP contribution in [0.15, 0.2) is 0 Å². The van der Waals surface area contributed by atoms with E-state index in [9.17, 15) is 28.5 Å². The predicted octanol–water partition coefficient (Wildman–Crippen LogP) is 2.67. The van der Waals surface area contributed by atoms with Crippen molar-refractivity contribution in [2.24, 2.45) is 0 Å². The molecule has 1 fully saturated rings. The first-order valence-corrected chi connectivity index (χ1v) is 15.7. The molecular weight excluding hydrogens is 536 g/mol. The highest BCUT2D eigenvalue weighted by Crippen LogP contribution is 2.25. The average molecular weight is 587 g/mol. The molecule has 0 aromatic heterocycles. The summed E-state index contributed by atoms with van der Waals surface area (Å²) in [6.07, 6.45) is 4.42. The molecule has 0 aromatic rings. The minimum Gasteiger partial charge on any atom is -0.457 e. The molecule has 0 bridgehead atoms. The van der Waals surface area contributed by atoms with Gasteiger partial charge in [-0.25, -0.2) is 4.18 Å². The highest BCUT2D eigenvalue weighted by atomic mass is 32.3. The molecule has 4 N–H and O–H groups in total. The van der Waals surface area contributed by atoms with Crippen molar-refractivity contribution in [1.29, 1.82) is 0 Å². The lowest BCUT2D eigenvalue weighted by Gasteiger charge is -2.41. The fourth-order valence-electron chi connectivity index (χ4n) is 4.24. The quantitative estimate of drug-likeness (QED) is 0.0783. The Morgan fingerprint density at radius 1 is 0.872 bits per heavy atom. The Morgan fingerprint density at radius 3 is 2.03 bits per heavy atom. The van der Waals surface area contributed by atoms with Crippen molar-refractivity contribution >= 4 is 16.4 Å². The summed E-state index contributed by atoms with van der Waals surface area (Å²) in [5.41, 5.74) is 0. The van der Waals surface area contributed by atoms with E-state index in [2.05, 4.69) is 11.1 Å². The number of rotatable bonds is 23. The summed E-state index contributed by atoms with van der Waals surface area (Å²) in [6, 6.07) is 0. The Kier molecular flexibility index (Phi) is 19.4. The monoisotopic (exact) mass is 586 g/mol. The first-order chi connectivity index (χ1) is 18.6. The van der Waals surface area contributed by atoms with E-state index in [1.165, 1.54) is 44.9 Å². The maximum atomic E-state index is 12.2. The third-order valence-corrected chi connectivity index (χ3v) is 6.94. The topological polar surface area (TPSA) is 178 Å². The van der Waals surface area contributed by atoms with Gasteiger partial charge in [-0.15, -0.1) is 0 Å². The van der Waals surface area contributed by atoms with Gasteiger partial charge in [0.05, 0.1) is 19.8 Å². The van der Waals surface area contributed by atoms with Gasteiger partial charge in [0.2, 0.25) is 0 Å². The van der Waals surface area contributed by atoms with Gasteiger partial charge in [0.15, 0.2) is 6.29 Å². The standard InChI is InChI=1S/C26H50O12S/c1-3-5-7-8-9-10-11-12-13-14-16-34-18-20(36-22(28)15-6-4-2)19-35-26-24(30)25(38-39(31,32)33)23(29)21(17-27)37-26/h20-21,23-27,29-30H,3-19H2,1-2H3,(H,31,32,33). The van der Waals surface area contributed by atoms with Gasteiger partial charge in [-0.1, -0.05) is 78.1 Å². The van der Waals surface area contributed by atoms with Gasteiger partial charge in [0.1, 0.15) is 30.5 Å². The third kappa shape index (κ3) is 16.2. The summed E-state index contributed by atoms with van der Waals surface area (Å²) in [4.78, 5) is 12.2. The molecule has 1 aliphatic heterocycles. The molecule has 0 radical (unpaired) electrons. The summed E-state index contributed by atoms with van der Waals surface area (Å²) in [5.74, 6) is -0.436. The zero-order chi connectivity index (χ0) is 29.1. The van der Waals surface area contributed by atoms with E-state index in [1.54, 1.807) is 0 Å². The van der Waals surface area contributed by atoms with E-state index in [1.807, 2.05) is 6.92 Å². The first kappa shape index (κ1) is 36.1. The van der Waals surface area contributed by atoms with E-state index >= 15 is 0 Å². The second-order valence-electron chi connectivity index (χ2n) is 10.0. The van der Waals surface area contributed by atoms with E-state index in [0.29, 0.717) is 13.0 Å². The fourth-order valence-corrected chi connectivity index (χ4v) is 4.74. The summed E-state index contributed by atoms with van der Waals surface area (Å²) >= 11 is 0. The average Bonchev–Trinajstić information content (AvgIpc) is 2.89. The second kappa shape index (κ2) is 20.9. The van der Waals surface area contributed by atoms with Crippen molar-refractivity contribution in [3.63, 3.8) is 0 Å². The summed E-state index contributed by atoms with van der Waals surface area (Å²) < 4.78 is 57.7. The van der Waals surface area contributed by atoms with Crippen LogP contribution in [0.25, 0.3) is 0 Å². The van der Waals surface area contributed by atoms with Crippen LogP contribution in [-0.4, -0.2) is 97.5 Å². The molecule has 0 aromatic carbocycles. The Balaban J connectivity index is 2.53. The van der Waals surface area contributed by atoms with Gasteiger partial charge >= 0.3 is 16.4 Å². The molecule has 0 amide bonds. The van der Waals surface area contributed by atoms with Crippen molar-refractivity contribution < 1.29 is 56.2 Å². The van der Waals surface area contributed by atoms with Crippen molar-refractivity contribution in [2.45, 2.75) is 134 Å². The molecule has 0 saturated carbocycles. The fraction of sp³-hybridized carbons (Fsp3) is 0.962. The molecule has 1 heterocycles. The molecular formula is C26H50O12S. The number of aliphatic hydroxyl groups excluding tert-OH is 3. The summed E-state index contributed by atoms with van der Waals surface area (Å²) in [6.45, 7) is 3.66. The van der Waals surface area contributed by atoms with Crippen molar-refractivity contribution in [2.75, 3.05) is 26.4 Å². The van der Waals surface area contributed by atoms with Gasteiger partial charge < -0.3 is 34.3 Å². The van der Waals surface area contributed by atoms with Crippen LogP contribution in [0.5, 0.6) is 0 Å². The van der Waals surface area contributed by atoms with Gasteiger partial charge in [-0.2, -0.15) is 8.42 Å². The van der Waals surface area contributed by atoms with Crippen molar-refractivity contribution in [3.05, 3.63) is 0 Å². The lowest BCUT2D eigenvalue weighted by Crippen LogP contribution is -2.60. The van der Waals surface area contributed by atoms with Crippen molar-refractivity contribution in [1.82, 2.24) is 0 Å². The predicted molar refractivity (Wildman–Crippen MR) is 142 cm³/mol. The normalized spacial score (nSPS) is 24.5. The zero-order valence-electron chi connectivity index (χ0n) is 23.4. The molecule has 6 atom stereocenters. The minimum atomic E-state index is -5.03. The molecule has 13 heteroatoms. The molecule has 1 saturated heterocycles. The van der Waals surface area contributed by atoms with Crippen LogP contribution >= 0.6 is 0 Å². The van der Waals surface area contributed by atoms with Crippen LogP contribution in [0.1, 0.15) is 97.3 Å².